The maximum absolute atomic E-state index is 11.5. The van der Waals surface area contributed by atoms with Crippen molar-refractivity contribution in [3.8, 4) is 0 Å². The third-order valence-corrected chi connectivity index (χ3v) is 3.07. The van der Waals surface area contributed by atoms with E-state index in [-0.39, 0.29) is 17.9 Å². The van der Waals surface area contributed by atoms with Gasteiger partial charge in [-0.3, -0.25) is 9.59 Å². The van der Waals surface area contributed by atoms with E-state index in [2.05, 4.69) is 9.97 Å². The Kier molecular flexibility index (Phi) is 3.41. The molecule has 1 fully saturated rings. The number of piperidine rings is 1. The lowest BCUT2D eigenvalue weighted by Crippen LogP contribution is -2.38. The first kappa shape index (κ1) is 11.6. The highest BCUT2D eigenvalue weighted by Crippen LogP contribution is 2.22. The summed E-state index contributed by atoms with van der Waals surface area (Å²) in [5, 5.41) is 8.71. The molecule has 1 saturated heterocycles. The first-order chi connectivity index (χ1) is 8.16. The van der Waals surface area contributed by atoms with Gasteiger partial charge in [0.2, 0.25) is 0 Å². The fraction of sp³-hybridized carbons (Fsp3) is 0.545. The molecule has 2 N–H and O–H groups in total. The van der Waals surface area contributed by atoms with Crippen LogP contribution in [0.4, 0.5) is 5.82 Å². The molecule has 0 unspecified atom stereocenters. The summed E-state index contributed by atoms with van der Waals surface area (Å²) in [6, 6.07) is 0. The summed E-state index contributed by atoms with van der Waals surface area (Å²) in [6.45, 7) is 1.38. The monoisotopic (exact) mass is 237 g/mol. The van der Waals surface area contributed by atoms with Crippen LogP contribution in [0.5, 0.6) is 0 Å². The highest BCUT2D eigenvalue weighted by atomic mass is 16.4. The normalized spacial score (nSPS) is 17.1. The fourth-order valence-corrected chi connectivity index (χ4v) is 2.17. The van der Waals surface area contributed by atoms with E-state index in [4.69, 9.17) is 5.11 Å². The molecule has 0 radical (unpaired) electrons. The summed E-state index contributed by atoms with van der Waals surface area (Å²) in [5.74, 6) is -0.105. The summed E-state index contributed by atoms with van der Waals surface area (Å²) < 4.78 is 0. The zero-order valence-corrected chi connectivity index (χ0v) is 9.43. The number of aromatic nitrogens is 2. The second kappa shape index (κ2) is 4.99. The Morgan fingerprint density at radius 2 is 2.24 bits per heavy atom. The van der Waals surface area contributed by atoms with Crippen LogP contribution in [0.3, 0.4) is 0 Å². The van der Waals surface area contributed by atoms with Gasteiger partial charge in [-0.05, 0) is 18.8 Å². The van der Waals surface area contributed by atoms with Crippen molar-refractivity contribution < 1.29 is 9.90 Å². The number of nitrogens with zero attached hydrogens (tertiary/aromatic N) is 2. The Balaban J connectivity index is 1.98. The van der Waals surface area contributed by atoms with Crippen molar-refractivity contribution in [3.05, 3.63) is 22.7 Å². The maximum atomic E-state index is 11.5. The molecule has 2 rings (SSSR count). The van der Waals surface area contributed by atoms with Crippen LogP contribution in [-0.4, -0.2) is 34.1 Å². The van der Waals surface area contributed by atoms with Gasteiger partial charge >= 0.3 is 5.97 Å². The molecule has 6 heteroatoms. The molecule has 0 atom stereocenters. The smallest absolute Gasteiger partial charge is 0.303 e. The van der Waals surface area contributed by atoms with E-state index in [1.807, 2.05) is 4.90 Å². The number of anilines is 1. The van der Waals surface area contributed by atoms with Gasteiger partial charge < -0.3 is 15.0 Å². The third-order valence-electron chi connectivity index (χ3n) is 3.07. The number of carbonyl (C=O) groups is 1. The summed E-state index contributed by atoms with van der Waals surface area (Å²) in [5.41, 5.74) is -0.191. The lowest BCUT2D eigenvalue weighted by Gasteiger charge is -2.31. The van der Waals surface area contributed by atoms with Crippen LogP contribution in [0.15, 0.2) is 17.2 Å². The standard InChI is InChI=1S/C11H15N3O3/c15-9(16)7-8-1-5-14(6-2-8)10-11(17)13-4-3-12-10/h3-4,8H,1-2,5-7H2,(H,13,17)(H,15,16). The zero-order chi connectivity index (χ0) is 12.3. The van der Waals surface area contributed by atoms with E-state index < -0.39 is 5.97 Å². The number of hydrogen-bond donors (Lipinski definition) is 2. The van der Waals surface area contributed by atoms with Crippen LogP contribution in [0.25, 0.3) is 0 Å². The Hall–Kier alpha value is -1.85. The van der Waals surface area contributed by atoms with Crippen LogP contribution < -0.4 is 10.5 Å². The minimum atomic E-state index is -0.751. The minimum Gasteiger partial charge on any atom is -0.481 e. The molecule has 92 valence electrons. The van der Waals surface area contributed by atoms with Gasteiger partial charge in [0, 0.05) is 31.9 Å². The van der Waals surface area contributed by atoms with Crippen LogP contribution in [-0.2, 0) is 4.79 Å². The number of aliphatic carboxylic acids is 1. The number of carboxylic acid groups (broad SMARTS) is 1. The maximum Gasteiger partial charge on any atom is 0.303 e. The molecule has 0 saturated carbocycles. The van der Waals surface area contributed by atoms with Crippen molar-refractivity contribution in [3.63, 3.8) is 0 Å². The van der Waals surface area contributed by atoms with E-state index >= 15 is 0 Å². The summed E-state index contributed by atoms with van der Waals surface area (Å²) >= 11 is 0. The average Bonchev–Trinajstić information content (AvgIpc) is 2.30. The second-order valence-corrected chi connectivity index (χ2v) is 4.27. The number of rotatable bonds is 3. The third kappa shape index (κ3) is 2.83. The number of hydrogen-bond acceptors (Lipinski definition) is 4. The first-order valence-corrected chi connectivity index (χ1v) is 5.67. The molecule has 2 heterocycles. The predicted octanol–water partition coefficient (Wildman–Crippen LogP) is 0.461. The molecule has 0 aliphatic carbocycles. The molecule has 0 spiro atoms. The Morgan fingerprint density at radius 1 is 1.53 bits per heavy atom. The summed E-state index contributed by atoms with van der Waals surface area (Å²) in [6.07, 6.45) is 4.86. The summed E-state index contributed by atoms with van der Waals surface area (Å²) in [7, 11) is 0. The predicted molar refractivity (Wildman–Crippen MR) is 62.0 cm³/mol. The van der Waals surface area contributed by atoms with Crippen molar-refractivity contribution >= 4 is 11.8 Å². The van der Waals surface area contributed by atoms with Gasteiger partial charge in [0.1, 0.15) is 0 Å². The Labute approximate surface area is 98.3 Å². The lowest BCUT2D eigenvalue weighted by atomic mass is 9.94. The largest absolute Gasteiger partial charge is 0.481 e. The quantitative estimate of drug-likeness (QED) is 0.797. The molecule has 0 amide bonds. The van der Waals surface area contributed by atoms with Crippen LogP contribution in [0, 0.1) is 5.92 Å². The van der Waals surface area contributed by atoms with E-state index in [0.29, 0.717) is 18.9 Å². The minimum absolute atomic E-state index is 0.191. The van der Waals surface area contributed by atoms with Crippen molar-refractivity contribution in [1.82, 2.24) is 9.97 Å². The molecule has 1 aliphatic rings. The number of aromatic amines is 1. The second-order valence-electron chi connectivity index (χ2n) is 4.27. The fourth-order valence-electron chi connectivity index (χ4n) is 2.17. The molecule has 1 aliphatic heterocycles. The number of carboxylic acids is 1. The van der Waals surface area contributed by atoms with E-state index in [0.717, 1.165) is 12.8 Å². The zero-order valence-electron chi connectivity index (χ0n) is 9.43. The number of nitrogens with one attached hydrogen (secondary N) is 1. The molecular formula is C11H15N3O3. The van der Waals surface area contributed by atoms with Crippen molar-refractivity contribution in [2.75, 3.05) is 18.0 Å². The average molecular weight is 237 g/mol. The van der Waals surface area contributed by atoms with Gasteiger partial charge in [0.05, 0.1) is 0 Å². The topological polar surface area (TPSA) is 86.3 Å². The van der Waals surface area contributed by atoms with Gasteiger partial charge in [-0.25, -0.2) is 4.98 Å². The van der Waals surface area contributed by atoms with E-state index in [1.54, 1.807) is 6.20 Å². The molecular weight excluding hydrogens is 222 g/mol. The SMILES string of the molecule is O=C(O)CC1CCN(c2ncc[nH]c2=O)CC1. The van der Waals surface area contributed by atoms with Crippen LogP contribution in [0.1, 0.15) is 19.3 Å². The van der Waals surface area contributed by atoms with Gasteiger partial charge in [-0.2, -0.15) is 0 Å². The van der Waals surface area contributed by atoms with E-state index in [9.17, 15) is 9.59 Å². The van der Waals surface area contributed by atoms with Gasteiger partial charge in [0.25, 0.3) is 5.56 Å². The van der Waals surface area contributed by atoms with Crippen molar-refractivity contribution in [2.24, 2.45) is 5.92 Å². The molecule has 17 heavy (non-hydrogen) atoms. The van der Waals surface area contributed by atoms with Gasteiger partial charge in [-0.15, -0.1) is 0 Å². The van der Waals surface area contributed by atoms with Crippen LogP contribution >= 0.6 is 0 Å². The molecule has 0 bridgehead atoms. The van der Waals surface area contributed by atoms with Crippen molar-refractivity contribution in [1.29, 1.82) is 0 Å². The Morgan fingerprint density at radius 3 is 2.82 bits per heavy atom. The number of H-pyrrole nitrogens is 1. The van der Waals surface area contributed by atoms with E-state index in [1.165, 1.54) is 6.20 Å². The van der Waals surface area contributed by atoms with Gasteiger partial charge in [0.15, 0.2) is 5.82 Å². The van der Waals surface area contributed by atoms with Crippen molar-refractivity contribution in [2.45, 2.75) is 19.3 Å². The Bertz CT molecular complexity index is 449. The summed E-state index contributed by atoms with van der Waals surface area (Å²) in [4.78, 5) is 30.7. The first-order valence-electron chi connectivity index (χ1n) is 5.67. The highest BCUT2D eigenvalue weighted by molar-refractivity contribution is 5.67. The molecule has 1 aromatic rings. The molecule has 0 aromatic carbocycles. The van der Waals surface area contributed by atoms with Gasteiger partial charge in [-0.1, -0.05) is 0 Å². The van der Waals surface area contributed by atoms with Crippen LogP contribution in [0.2, 0.25) is 0 Å². The lowest BCUT2D eigenvalue weighted by molar-refractivity contribution is -0.138. The molecule has 1 aromatic heterocycles. The highest BCUT2D eigenvalue weighted by Gasteiger charge is 2.23. The molecule has 6 nitrogen and oxygen atoms in total.